The lowest BCUT2D eigenvalue weighted by molar-refractivity contribution is -0.133. The maximum atomic E-state index is 11.8. The van der Waals surface area contributed by atoms with Crippen molar-refractivity contribution in [1.29, 1.82) is 10.5 Å². The Hall–Kier alpha value is -8.75. The summed E-state index contributed by atoms with van der Waals surface area (Å²) in [6.45, 7) is 4.15. The monoisotopic (exact) mass is 973 g/mol. The molecule has 2 aliphatic heterocycles. The van der Waals surface area contributed by atoms with Gasteiger partial charge in [-0.2, -0.15) is 23.2 Å². The Labute approximate surface area is 419 Å². The molecule has 9 rings (SSSR count). The highest BCUT2D eigenvalue weighted by atomic mass is 32.1. The van der Waals surface area contributed by atoms with E-state index in [1.165, 1.54) is 36.0 Å². The van der Waals surface area contributed by atoms with Crippen molar-refractivity contribution in [2.75, 3.05) is 18.1 Å². The first-order valence-electron chi connectivity index (χ1n) is 22.3. The van der Waals surface area contributed by atoms with E-state index < -0.39 is 33.9 Å². The number of carbonyl (C=O) groups is 2. The first kappa shape index (κ1) is 47.3. The highest BCUT2D eigenvalue weighted by molar-refractivity contribution is 7.82. The minimum Gasteiger partial charge on any atom is -0.485 e. The van der Waals surface area contributed by atoms with Crippen molar-refractivity contribution in [2.24, 2.45) is 0 Å². The molecule has 2 unspecified atom stereocenters. The van der Waals surface area contributed by atoms with Crippen LogP contribution in [-0.2, 0) is 19.1 Å². The predicted molar refractivity (Wildman–Crippen MR) is 283 cm³/mol. The van der Waals surface area contributed by atoms with Crippen LogP contribution < -0.4 is 14.4 Å². The highest BCUT2D eigenvalue weighted by Crippen LogP contribution is 2.50. The van der Waals surface area contributed by atoms with Gasteiger partial charge in [0.15, 0.2) is 17.6 Å². The molecule has 3 heterocycles. The van der Waals surface area contributed by atoms with Crippen molar-refractivity contribution in [3.05, 3.63) is 195 Å². The number of thiol groups is 1. The van der Waals surface area contributed by atoms with Crippen LogP contribution in [0.4, 0.5) is 17.1 Å². The molecule has 11 nitrogen and oxygen atoms in total. The zero-order valence-electron chi connectivity index (χ0n) is 38.3. The van der Waals surface area contributed by atoms with Gasteiger partial charge in [-0.3, -0.25) is 0 Å². The maximum Gasteiger partial charge on any atom is 0.346 e. The second kappa shape index (κ2) is 20.5. The van der Waals surface area contributed by atoms with Crippen LogP contribution in [0.5, 0.6) is 11.5 Å². The molecule has 7 aromatic rings. The third-order valence-electron chi connectivity index (χ3n) is 11.9. The fraction of sp³-hybridized carbons (Fsp3) is 0.103. The summed E-state index contributed by atoms with van der Waals surface area (Å²) >= 11 is 6.03. The first-order chi connectivity index (χ1) is 34.4. The summed E-state index contributed by atoms with van der Waals surface area (Å²) in [5.41, 5.74) is 6.51. The summed E-state index contributed by atoms with van der Waals surface area (Å²) in [7, 11) is 0. The normalized spacial score (nSPS) is 16.2. The highest BCUT2D eigenvalue weighted by Gasteiger charge is 2.38. The molecule has 0 amide bonds. The van der Waals surface area contributed by atoms with E-state index in [-0.39, 0.29) is 0 Å². The molecule has 2 N–H and O–H groups in total. The largest absolute Gasteiger partial charge is 0.485 e. The van der Waals surface area contributed by atoms with Crippen LogP contribution in [0.1, 0.15) is 34.7 Å². The summed E-state index contributed by atoms with van der Waals surface area (Å²) < 4.78 is 22.7. The van der Waals surface area contributed by atoms with Gasteiger partial charge in [-0.25, -0.2) is 9.59 Å². The third-order valence-corrected chi connectivity index (χ3v) is 13.3. The number of benzene rings is 6. The SMILES string of the molecule is CC(/C=C/c1ccc2c(N(c3ccccc3)c3ccccc3)c3ccc(/C=C/c4sc(/C=C(\C#N)C(=O)O)c5c4OCCO5)cc3c(-c3ccccc3)c2c1)=C1/OC=COC1C(C)(S)/C=C(\C#N)C(=O)O. The van der Waals surface area contributed by atoms with E-state index in [2.05, 4.69) is 77.7 Å². The molecule has 350 valence electrons. The molecule has 0 aliphatic carbocycles. The van der Waals surface area contributed by atoms with Gasteiger partial charge in [0.25, 0.3) is 0 Å². The lowest BCUT2D eigenvalue weighted by Crippen LogP contribution is -2.38. The van der Waals surface area contributed by atoms with Crippen molar-refractivity contribution in [3.63, 3.8) is 0 Å². The Balaban J connectivity index is 1.25. The molecule has 2 aliphatic rings. The van der Waals surface area contributed by atoms with Crippen LogP contribution in [0.3, 0.4) is 0 Å². The number of hydrogen-bond donors (Lipinski definition) is 3. The molecule has 0 spiro atoms. The van der Waals surface area contributed by atoms with E-state index >= 15 is 0 Å². The number of hydrogen-bond acceptors (Lipinski definition) is 11. The number of aliphatic carboxylic acids is 2. The number of ether oxygens (including phenoxy) is 4. The molecular weight excluding hydrogens is 931 g/mol. The average Bonchev–Trinajstić information content (AvgIpc) is 3.75. The number of nitriles is 2. The van der Waals surface area contributed by atoms with Crippen LogP contribution in [0.15, 0.2) is 175 Å². The minimum atomic E-state index is -1.37. The van der Waals surface area contributed by atoms with Gasteiger partial charge in [-0.1, -0.05) is 109 Å². The van der Waals surface area contributed by atoms with Gasteiger partial charge in [0.1, 0.15) is 54.8 Å². The number of rotatable bonds is 13. The van der Waals surface area contributed by atoms with Crippen LogP contribution in [-0.4, -0.2) is 46.2 Å². The summed E-state index contributed by atoms with van der Waals surface area (Å²) in [6.07, 6.45) is 12.3. The molecule has 1 aromatic heterocycles. The Bertz CT molecular complexity index is 3470. The van der Waals surface area contributed by atoms with Crippen LogP contribution in [0.2, 0.25) is 0 Å². The Morgan fingerprint density at radius 3 is 1.83 bits per heavy atom. The molecular formula is C58H43N3O8S2. The van der Waals surface area contributed by atoms with Crippen LogP contribution in [0.25, 0.3) is 57.0 Å². The van der Waals surface area contributed by atoms with Crippen LogP contribution >= 0.6 is 24.0 Å². The van der Waals surface area contributed by atoms with E-state index in [9.17, 15) is 30.3 Å². The number of thiophene rings is 1. The Kier molecular flexibility index (Phi) is 13.6. The van der Waals surface area contributed by atoms with Gasteiger partial charge < -0.3 is 34.1 Å². The van der Waals surface area contributed by atoms with Crippen LogP contribution in [0, 0.1) is 22.7 Å². The van der Waals surface area contributed by atoms with Crippen molar-refractivity contribution >= 4 is 98.8 Å². The summed E-state index contributed by atoms with van der Waals surface area (Å²) in [5.74, 6) is -1.38. The number of nitrogens with zero attached hydrogens (tertiary/aromatic N) is 3. The average molecular weight is 974 g/mol. The van der Waals surface area contributed by atoms with E-state index in [0.717, 1.165) is 60.9 Å². The van der Waals surface area contributed by atoms with Gasteiger partial charge in [0.05, 0.1) is 20.2 Å². The second-order valence-electron chi connectivity index (χ2n) is 16.7. The van der Waals surface area contributed by atoms with Gasteiger partial charge in [-0.05, 0) is 107 Å². The molecule has 0 radical (unpaired) electrons. The van der Waals surface area contributed by atoms with Gasteiger partial charge in [0.2, 0.25) is 0 Å². The summed E-state index contributed by atoms with van der Waals surface area (Å²) in [6, 6.07) is 47.1. The van der Waals surface area contributed by atoms with E-state index in [1.54, 1.807) is 19.1 Å². The van der Waals surface area contributed by atoms with Crippen molar-refractivity contribution in [3.8, 4) is 34.8 Å². The fourth-order valence-corrected chi connectivity index (χ4v) is 10.0. The van der Waals surface area contributed by atoms with E-state index in [1.807, 2.05) is 85.8 Å². The quantitative estimate of drug-likeness (QED) is 0.0436. The van der Waals surface area contributed by atoms with Crippen molar-refractivity contribution < 1.29 is 38.7 Å². The summed E-state index contributed by atoms with van der Waals surface area (Å²) in [4.78, 5) is 27.0. The Morgan fingerprint density at radius 2 is 1.27 bits per heavy atom. The molecule has 0 fully saturated rings. The topological polar surface area (TPSA) is 162 Å². The number of anilines is 3. The first-order valence-corrected chi connectivity index (χ1v) is 23.6. The number of para-hydroxylation sites is 2. The Morgan fingerprint density at radius 1 is 0.718 bits per heavy atom. The molecule has 6 aromatic carbocycles. The lowest BCUT2D eigenvalue weighted by atomic mass is 9.88. The number of fused-ring (bicyclic) bond motifs is 3. The molecule has 0 saturated carbocycles. The second-order valence-corrected chi connectivity index (χ2v) is 18.7. The molecule has 2 atom stereocenters. The smallest absolute Gasteiger partial charge is 0.346 e. The van der Waals surface area contributed by atoms with Gasteiger partial charge in [-0.15, -0.1) is 11.3 Å². The van der Waals surface area contributed by atoms with Crippen molar-refractivity contribution in [1.82, 2.24) is 0 Å². The molecule has 71 heavy (non-hydrogen) atoms. The van der Waals surface area contributed by atoms with E-state index in [4.69, 9.17) is 31.6 Å². The maximum absolute atomic E-state index is 11.8. The zero-order valence-corrected chi connectivity index (χ0v) is 40.0. The van der Waals surface area contributed by atoms with E-state index in [0.29, 0.717) is 45.8 Å². The minimum absolute atomic E-state index is 0.291. The number of allylic oxidation sites excluding steroid dienone is 2. The van der Waals surface area contributed by atoms with Gasteiger partial charge >= 0.3 is 11.9 Å². The molecule has 13 heteroatoms. The molecule has 0 saturated heterocycles. The molecule has 0 bridgehead atoms. The summed E-state index contributed by atoms with van der Waals surface area (Å²) in [5, 5.41) is 42.2. The number of carboxylic acid groups (broad SMARTS) is 2. The zero-order chi connectivity index (χ0) is 49.6. The van der Waals surface area contributed by atoms with Crippen molar-refractivity contribution in [2.45, 2.75) is 24.7 Å². The fourth-order valence-electron chi connectivity index (χ4n) is 8.66. The van der Waals surface area contributed by atoms with Gasteiger partial charge in [0, 0.05) is 22.1 Å². The predicted octanol–water partition coefficient (Wildman–Crippen LogP) is 13.5. The number of carboxylic acids is 2. The lowest BCUT2D eigenvalue weighted by Gasteiger charge is -2.33. The third kappa shape index (κ3) is 9.78. The standard InChI is InChI=1S/C58H43N3O8S2/c1-36(52-55(69-29-28-66-52)58(2,70)33-41(35-60)57(64)65)18-19-37-20-23-44-46(30-37)50(39-12-6-3-7-13-39)47-31-38(22-25-48-53-54(68-27-26-67-53)49(71-48)32-40(34-59)56(62)63)21-24-45(47)51(44)61(42-14-8-4-9-15-42)43-16-10-5-11-17-43/h3-25,28-33,55,70H,26-27H2,1-2H3,(H,62,63)(H,64,65)/b19-18+,25-22+,40-32+,41-33+,52-36-.